The maximum absolute atomic E-state index is 12.6. The SMILES string of the molecule is CCOC(=O)N1CCc2c(c(-c3ccc(S(=O)(=O)N(C)C)cc3)n3c(nc4ccccc43)c2C#N)C1. The van der Waals surface area contributed by atoms with Crippen molar-refractivity contribution < 1.29 is 17.9 Å². The number of rotatable bonds is 4. The molecule has 0 unspecified atom stereocenters. The predicted molar refractivity (Wildman–Crippen MR) is 135 cm³/mol. The molecule has 36 heavy (non-hydrogen) atoms. The van der Waals surface area contributed by atoms with Gasteiger partial charge in [-0.3, -0.25) is 4.40 Å². The van der Waals surface area contributed by atoms with Gasteiger partial charge in [0.25, 0.3) is 0 Å². The number of imidazole rings is 1. The number of carbonyl (C=O) groups is 1. The molecule has 3 heterocycles. The number of sulfonamides is 1. The van der Waals surface area contributed by atoms with Crippen molar-refractivity contribution in [3.05, 3.63) is 65.2 Å². The fraction of sp³-hybridized carbons (Fsp3) is 0.269. The van der Waals surface area contributed by atoms with E-state index in [4.69, 9.17) is 9.72 Å². The third kappa shape index (κ3) is 3.68. The van der Waals surface area contributed by atoms with E-state index < -0.39 is 16.1 Å². The number of hydrogen-bond acceptors (Lipinski definition) is 6. The van der Waals surface area contributed by atoms with Crippen LogP contribution in [0.1, 0.15) is 23.6 Å². The molecule has 0 aliphatic carbocycles. The van der Waals surface area contributed by atoms with Gasteiger partial charge in [-0.1, -0.05) is 24.3 Å². The van der Waals surface area contributed by atoms with Gasteiger partial charge in [-0.05, 0) is 48.7 Å². The second kappa shape index (κ2) is 8.93. The molecule has 0 N–H and O–H groups in total. The monoisotopic (exact) mass is 503 g/mol. The molecule has 1 amide bonds. The summed E-state index contributed by atoms with van der Waals surface area (Å²) in [6.45, 7) is 2.72. The Kier molecular flexibility index (Phi) is 5.90. The molecule has 184 valence electrons. The van der Waals surface area contributed by atoms with E-state index in [1.54, 1.807) is 36.1 Å². The summed E-state index contributed by atoms with van der Waals surface area (Å²) in [7, 11) is -0.612. The van der Waals surface area contributed by atoms with Crippen molar-refractivity contribution in [1.82, 2.24) is 18.6 Å². The Labute approximate surface area is 209 Å². The fourth-order valence-corrected chi connectivity index (χ4v) is 5.64. The molecule has 4 aromatic rings. The van der Waals surface area contributed by atoms with Crippen LogP contribution in [0.2, 0.25) is 0 Å². The molecule has 0 atom stereocenters. The fourth-order valence-electron chi connectivity index (χ4n) is 4.73. The van der Waals surface area contributed by atoms with Crippen LogP contribution in [0.25, 0.3) is 27.9 Å². The van der Waals surface area contributed by atoms with E-state index in [1.807, 2.05) is 28.7 Å². The van der Waals surface area contributed by atoms with Crippen LogP contribution in [-0.2, 0) is 27.7 Å². The molecular formula is C26H25N5O4S. The Morgan fingerprint density at radius 2 is 1.86 bits per heavy atom. The number of para-hydroxylation sites is 2. The number of amides is 1. The summed E-state index contributed by atoms with van der Waals surface area (Å²) in [6, 6.07) is 16.6. The van der Waals surface area contributed by atoms with Crippen molar-refractivity contribution in [3.8, 4) is 17.3 Å². The molecule has 1 aliphatic rings. The van der Waals surface area contributed by atoms with E-state index in [0.29, 0.717) is 24.2 Å². The Morgan fingerprint density at radius 3 is 2.53 bits per heavy atom. The largest absolute Gasteiger partial charge is 0.450 e. The van der Waals surface area contributed by atoms with E-state index >= 15 is 0 Å². The highest BCUT2D eigenvalue weighted by atomic mass is 32.2. The van der Waals surface area contributed by atoms with Crippen LogP contribution in [-0.4, -0.2) is 60.3 Å². The molecule has 2 aromatic heterocycles. The van der Waals surface area contributed by atoms with E-state index in [0.717, 1.165) is 33.4 Å². The average Bonchev–Trinajstić information content (AvgIpc) is 3.26. The number of hydrogen-bond donors (Lipinski definition) is 0. The second-order valence-electron chi connectivity index (χ2n) is 8.73. The summed E-state index contributed by atoms with van der Waals surface area (Å²) in [5.74, 6) is 0. The number of fused-ring (bicyclic) bond motifs is 4. The first-order valence-electron chi connectivity index (χ1n) is 11.6. The minimum atomic E-state index is -3.59. The van der Waals surface area contributed by atoms with Gasteiger partial charge in [-0.2, -0.15) is 5.26 Å². The number of pyridine rings is 1. The smallest absolute Gasteiger partial charge is 0.410 e. The lowest BCUT2D eigenvalue weighted by Crippen LogP contribution is -2.37. The maximum Gasteiger partial charge on any atom is 0.410 e. The maximum atomic E-state index is 12.6. The lowest BCUT2D eigenvalue weighted by Gasteiger charge is -2.31. The van der Waals surface area contributed by atoms with Crippen molar-refractivity contribution in [2.45, 2.75) is 24.8 Å². The first-order valence-corrected chi connectivity index (χ1v) is 13.0. The van der Waals surface area contributed by atoms with E-state index in [2.05, 4.69) is 6.07 Å². The van der Waals surface area contributed by atoms with Gasteiger partial charge >= 0.3 is 6.09 Å². The van der Waals surface area contributed by atoms with Crippen LogP contribution in [0, 0.1) is 11.3 Å². The summed E-state index contributed by atoms with van der Waals surface area (Å²) >= 11 is 0. The quantitative estimate of drug-likeness (QED) is 0.419. The highest BCUT2D eigenvalue weighted by Gasteiger charge is 2.30. The van der Waals surface area contributed by atoms with Crippen molar-refractivity contribution >= 4 is 32.8 Å². The average molecular weight is 504 g/mol. The van der Waals surface area contributed by atoms with Crippen LogP contribution in [0.4, 0.5) is 4.79 Å². The normalized spacial score (nSPS) is 13.7. The topological polar surface area (TPSA) is 108 Å². The second-order valence-corrected chi connectivity index (χ2v) is 10.9. The van der Waals surface area contributed by atoms with Crippen molar-refractivity contribution in [2.24, 2.45) is 0 Å². The summed E-state index contributed by atoms with van der Waals surface area (Å²) in [5, 5.41) is 10.1. The van der Waals surface area contributed by atoms with E-state index in [-0.39, 0.29) is 18.0 Å². The molecule has 2 aromatic carbocycles. The Hall–Kier alpha value is -3.94. The van der Waals surface area contributed by atoms with E-state index in [1.165, 1.54) is 18.4 Å². The zero-order valence-electron chi connectivity index (χ0n) is 20.2. The third-order valence-corrected chi connectivity index (χ3v) is 8.31. The van der Waals surface area contributed by atoms with Crippen LogP contribution in [0.15, 0.2) is 53.4 Å². The zero-order valence-corrected chi connectivity index (χ0v) is 21.0. The molecule has 0 bridgehead atoms. The number of aromatic nitrogens is 2. The molecule has 0 saturated carbocycles. The van der Waals surface area contributed by atoms with Gasteiger partial charge in [-0.25, -0.2) is 22.5 Å². The van der Waals surface area contributed by atoms with Gasteiger partial charge in [0, 0.05) is 26.2 Å². The molecule has 9 nitrogen and oxygen atoms in total. The molecule has 0 radical (unpaired) electrons. The van der Waals surface area contributed by atoms with Gasteiger partial charge in [0.2, 0.25) is 10.0 Å². The van der Waals surface area contributed by atoms with Crippen molar-refractivity contribution in [2.75, 3.05) is 27.2 Å². The minimum absolute atomic E-state index is 0.179. The van der Waals surface area contributed by atoms with Gasteiger partial charge in [0.15, 0.2) is 5.65 Å². The molecule has 0 spiro atoms. The van der Waals surface area contributed by atoms with Crippen LogP contribution in [0.5, 0.6) is 0 Å². The first-order chi connectivity index (χ1) is 17.3. The highest BCUT2D eigenvalue weighted by Crippen LogP contribution is 2.37. The highest BCUT2D eigenvalue weighted by molar-refractivity contribution is 7.89. The van der Waals surface area contributed by atoms with Crippen LogP contribution < -0.4 is 0 Å². The third-order valence-electron chi connectivity index (χ3n) is 6.48. The lowest BCUT2D eigenvalue weighted by atomic mass is 9.91. The predicted octanol–water partition coefficient (Wildman–Crippen LogP) is 3.79. The number of ether oxygens (including phenoxy) is 1. The van der Waals surface area contributed by atoms with E-state index in [9.17, 15) is 18.5 Å². The molecule has 5 rings (SSSR count). The van der Waals surface area contributed by atoms with Gasteiger partial charge < -0.3 is 9.64 Å². The summed E-state index contributed by atoms with van der Waals surface area (Å²) in [4.78, 5) is 19.2. The number of carbonyl (C=O) groups excluding carboxylic acids is 1. The Balaban J connectivity index is 1.81. The van der Waals surface area contributed by atoms with Crippen molar-refractivity contribution in [1.29, 1.82) is 5.26 Å². The van der Waals surface area contributed by atoms with Crippen LogP contribution in [0.3, 0.4) is 0 Å². The molecule has 0 fully saturated rings. The number of nitriles is 1. The van der Waals surface area contributed by atoms with Crippen LogP contribution >= 0.6 is 0 Å². The summed E-state index contributed by atoms with van der Waals surface area (Å²) in [6.07, 6.45) is 0.0761. The molecule has 1 aliphatic heterocycles. The molecule has 10 heteroatoms. The van der Waals surface area contributed by atoms with Crippen molar-refractivity contribution in [3.63, 3.8) is 0 Å². The lowest BCUT2D eigenvalue weighted by molar-refractivity contribution is 0.102. The standard InChI is InChI=1S/C26H25N5O4S/c1-4-35-26(32)30-14-13-19-20(15-27)25-28-22-7-5-6-8-23(22)31(25)24(21(19)16-30)17-9-11-18(12-10-17)36(33,34)29(2)3/h5-12H,4,13-14,16H2,1-3H3. The molecular weight excluding hydrogens is 478 g/mol. The number of benzene rings is 2. The first kappa shape index (κ1) is 23.8. The summed E-state index contributed by atoms with van der Waals surface area (Å²) < 4.78 is 33.6. The number of nitrogens with zero attached hydrogens (tertiary/aromatic N) is 5. The molecule has 0 saturated heterocycles. The van der Waals surface area contributed by atoms with Gasteiger partial charge in [0.05, 0.1) is 40.3 Å². The summed E-state index contributed by atoms with van der Waals surface area (Å²) in [5.41, 5.74) is 5.79. The van der Waals surface area contributed by atoms with Gasteiger partial charge in [-0.15, -0.1) is 0 Å². The minimum Gasteiger partial charge on any atom is -0.450 e. The Morgan fingerprint density at radius 1 is 1.14 bits per heavy atom. The van der Waals surface area contributed by atoms with Gasteiger partial charge in [0.1, 0.15) is 6.07 Å². The zero-order chi connectivity index (χ0) is 25.6. The Bertz CT molecular complexity index is 1650.